The maximum Gasteiger partial charge on any atom is 0.129 e. The molecule has 2 aromatic rings. The molecule has 2 heterocycles. The molecule has 3 rings (SSSR count). The van der Waals surface area contributed by atoms with Crippen LogP contribution < -0.4 is 5.32 Å². The van der Waals surface area contributed by atoms with Gasteiger partial charge in [0.2, 0.25) is 0 Å². The SMILES string of the molecule is Cc1nc(CNc2cc(C3CC(O)C3)ncn2)sc1C. The molecule has 5 nitrogen and oxygen atoms in total. The van der Waals surface area contributed by atoms with E-state index in [1.165, 1.54) is 4.88 Å². The van der Waals surface area contributed by atoms with Gasteiger partial charge in [0, 0.05) is 22.6 Å². The summed E-state index contributed by atoms with van der Waals surface area (Å²) in [6, 6.07) is 1.98. The second-order valence-corrected chi connectivity index (χ2v) is 6.54. The van der Waals surface area contributed by atoms with Gasteiger partial charge in [0.15, 0.2) is 0 Å². The van der Waals surface area contributed by atoms with Gasteiger partial charge in [-0.2, -0.15) is 0 Å². The van der Waals surface area contributed by atoms with Crippen molar-refractivity contribution in [2.45, 2.75) is 45.3 Å². The number of anilines is 1. The van der Waals surface area contributed by atoms with Crippen LogP contribution in [0.1, 0.15) is 40.0 Å². The second kappa shape index (κ2) is 5.46. The lowest BCUT2D eigenvalue weighted by Crippen LogP contribution is -2.27. The highest BCUT2D eigenvalue weighted by molar-refractivity contribution is 7.11. The molecule has 0 atom stereocenters. The summed E-state index contributed by atoms with van der Waals surface area (Å²) in [7, 11) is 0. The molecule has 0 amide bonds. The summed E-state index contributed by atoms with van der Waals surface area (Å²) in [5.74, 6) is 1.19. The number of thiazole rings is 1. The standard InChI is InChI=1S/C14H18N4OS/c1-8-9(2)20-14(18-8)6-15-13-5-12(16-7-17-13)10-3-11(19)4-10/h5,7,10-11,19H,3-4,6H2,1-2H3,(H,15,16,17). The summed E-state index contributed by atoms with van der Waals surface area (Å²) in [6.07, 6.45) is 3.04. The van der Waals surface area contributed by atoms with Crippen LogP contribution in [-0.4, -0.2) is 26.2 Å². The molecule has 106 valence electrons. The Morgan fingerprint density at radius 1 is 1.35 bits per heavy atom. The van der Waals surface area contributed by atoms with Crippen LogP contribution in [0.2, 0.25) is 0 Å². The lowest BCUT2D eigenvalue weighted by atomic mass is 9.80. The van der Waals surface area contributed by atoms with Crippen LogP contribution in [0.4, 0.5) is 5.82 Å². The third-order valence-corrected chi connectivity index (χ3v) is 4.79. The van der Waals surface area contributed by atoms with Crippen molar-refractivity contribution in [2.24, 2.45) is 0 Å². The Morgan fingerprint density at radius 3 is 2.80 bits per heavy atom. The van der Waals surface area contributed by atoms with Crippen molar-refractivity contribution in [3.63, 3.8) is 0 Å². The molecule has 2 N–H and O–H groups in total. The van der Waals surface area contributed by atoms with E-state index in [-0.39, 0.29) is 6.10 Å². The van der Waals surface area contributed by atoms with Crippen LogP contribution in [0.5, 0.6) is 0 Å². The average molecular weight is 290 g/mol. The molecule has 0 spiro atoms. The van der Waals surface area contributed by atoms with Crippen molar-refractivity contribution in [3.8, 4) is 0 Å². The number of aliphatic hydroxyl groups is 1. The molecule has 0 saturated heterocycles. The van der Waals surface area contributed by atoms with E-state index in [2.05, 4.69) is 27.2 Å². The van der Waals surface area contributed by atoms with Gasteiger partial charge in [-0.3, -0.25) is 0 Å². The summed E-state index contributed by atoms with van der Waals surface area (Å²) in [5.41, 5.74) is 2.11. The van der Waals surface area contributed by atoms with Crippen molar-refractivity contribution in [3.05, 3.63) is 33.7 Å². The Morgan fingerprint density at radius 2 is 2.15 bits per heavy atom. The minimum Gasteiger partial charge on any atom is -0.393 e. The van der Waals surface area contributed by atoms with Gasteiger partial charge in [0.1, 0.15) is 17.2 Å². The fourth-order valence-corrected chi connectivity index (χ4v) is 3.18. The number of aliphatic hydroxyl groups excluding tert-OH is 1. The number of aryl methyl sites for hydroxylation is 2. The van der Waals surface area contributed by atoms with Gasteiger partial charge in [-0.05, 0) is 26.7 Å². The quantitative estimate of drug-likeness (QED) is 0.904. The largest absolute Gasteiger partial charge is 0.393 e. The van der Waals surface area contributed by atoms with E-state index in [1.54, 1.807) is 17.7 Å². The van der Waals surface area contributed by atoms with E-state index >= 15 is 0 Å². The lowest BCUT2D eigenvalue weighted by Gasteiger charge is -2.30. The number of hydrogen-bond donors (Lipinski definition) is 2. The van der Waals surface area contributed by atoms with Gasteiger partial charge in [-0.25, -0.2) is 15.0 Å². The molecule has 1 aliphatic rings. The molecule has 6 heteroatoms. The molecular weight excluding hydrogens is 272 g/mol. The van der Waals surface area contributed by atoms with Gasteiger partial charge in [0.25, 0.3) is 0 Å². The van der Waals surface area contributed by atoms with Gasteiger partial charge in [-0.15, -0.1) is 11.3 Å². The van der Waals surface area contributed by atoms with Crippen molar-refractivity contribution in [2.75, 3.05) is 5.32 Å². The zero-order valence-electron chi connectivity index (χ0n) is 11.6. The maximum absolute atomic E-state index is 9.36. The highest BCUT2D eigenvalue weighted by atomic mass is 32.1. The van der Waals surface area contributed by atoms with E-state index in [9.17, 15) is 5.11 Å². The summed E-state index contributed by atoms with van der Waals surface area (Å²) >= 11 is 1.71. The molecular formula is C14H18N4OS. The average Bonchev–Trinajstić information content (AvgIpc) is 2.72. The van der Waals surface area contributed by atoms with Crippen molar-refractivity contribution < 1.29 is 5.11 Å². The molecule has 0 radical (unpaired) electrons. The lowest BCUT2D eigenvalue weighted by molar-refractivity contribution is 0.0732. The van der Waals surface area contributed by atoms with Gasteiger partial charge < -0.3 is 10.4 Å². The minimum absolute atomic E-state index is 0.160. The van der Waals surface area contributed by atoms with Gasteiger partial charge in [-0.1, -0.05) is 0 Å². The van der Waals surface area contributed by atoms with Crippen LogP contribution in [-0.2, 0) is 6.54 Å². The molecule has 20 heavy (non-hydrogen) atoms. The fourth-order valence-electron chi connectivity index (χ4n) is 2.30. The molecule has 1 aliphatic carbocycles. The van der Waals surface area contributed by atoms with E-state index in [1.807, 2.05) is 13.0 Å². The summed E-state index contributed by atoms with van der Waals surface area (Å²) in [4.78, 5) is 14.3. The first-order valence-electron chi connectivity index (χ1n) is 6.78. The zero-order valence-corrected chi connectivity index (χ0v) is 12.4. The fraction of sp³-hybridized carbons (Fsp3) is 0.500. The predicted molar refractivity (Wildman–Crippen MR) is 78.9 cm³/mol. The number of nitrogens with one attached hydrogen (secondary N) is 1. The molecule has 0 bridgehead atoms. The Bertz CT molecular complexity index is 587. The molecule has 1 fully saturated rings. The normalized spacial score (nSPS) is 21.6. The van der Waals surface area contributed by atoms with E-state index < -0.39 is 0 Å². The highest BCUT2D eigenvalue weighted by Gasteiger charge is 2.29. The molecule has 1 saturated carbocycles. The van der Waals surface area contributed by atoms with E-state index in [4.69, 9.17) is 0 Å². The third-order valence-electron chi connectivity index (χ3n) is 3.71. The first-order chi connectivity index (χ1) is 9.61. The molecule has 2 aromatic heterocycles. The van der Waals surface area contributed by atoms with Crippen LogP contribution in [0.3, 0.4) is 0 Å². The number of hydrogen-bond acceptors (Lipinski definition) is 6. The molecule has 0 unspecified atom stereocenters. The summed E-state index contributed by atoms with van der Waals surface area (Å²) in [5, 5.41) is 13.7. The van der Waals surface area contributed by atoms with E-state index in [0.29, 0.717) is 12.5 Å². The predicted octanol–water partition coefficient (Wildman–Crippen LogP) is 2.40. The Labute approximate surface area is 122 Å². The van der Waals surface area contributed by atoms with E-state index in [0.717, 1.165) is 35.1 Å². The number of rotatable bonds is 4. The number of nitrogens with zero attached hydrogens (tertiary/aromatic N) is 3. The highest BCUT2D eigenvalue weighted by Crippen LogP contribution is 2.36. The third kappa shape index (κ3) is 2.81. The van der Waals surface area contributed by atoms with Crippen LogP contribution in [0.15, 0.2) is 12.4 Å². The van der Waals surface area contributed by atoms with Gasteiger partial charge in [0.05, 0.1) is 18.3 Å². The maximum atomic E-state index is 9.36. The second-order valence-electron chi connectivity index (χ2n) is 5.25. The molecule has 0 aliphatic heterocycles. The van der Waals surface area contributed by atoms with Crippen LogP contribution in [0.25, 0.3) is 0 Å². The zero-order chi connectivity index (χ0) is 14.1. The summed E-state index contributed by atoms with van der Waals surface area (Å²) in [6.45, 7) is 4.80. The first-order valence-corrected chi connectivity index (χ1v) is 7.60. The van der Waals surface area contributed by atoms with Crippen LogP contribution >= 0.6 is 11.3 Å². The minimum atomic E-state index is -0.160. The topological polar surface area (TPSA) is 70.9 Å². The first kappa shape index (κ1) is 13.5. The Hall–Kier alpha value is -1.53. The summed E-state index contributed by atoms with van der Waals surface area (Å²) < 4.78 is 0. The Balaban J connectivity index is 1.64. The van der Waals surface area contributed by atoms with Crippen LogP contribution in [0, 0.1) is 13.8 Å². The van der Waals surface area contributed by atoms with Crippen molar-refractivity contribution in [1.29, 1.82) is 0 Å². The Kier molecular flexibility index (Phi) is 3.67. The number of aromatic nitrogens is 3. The van der Waals surface area contributed by atoms with Crippen molar-refractivity contribution >= 4 is 17.2 Å². The smallest absolute Gasteiger partial charge is 0.129 e. The van der Waals surface area contributed by atoms with Crippen molar-refractivity contribution in [1.82, 2.24) is 15.0 Å². The molecule has 0 aromatic carbocycles. The monoisotopic (exact) mass is 290 g/mol. The van der Waals surface area contributed by atoms with Gasteiger partial charge >= 0.3 is 0 Å².